The fraction of sp³-hybridized carbons (Fsp3) is 0.571. The minimum Gasteiger partial charge on any atom is -0.307 e. The summed E-state index contributed by atoms with van der Waals surface area (Å²) in [5, 5.41) is 3.54. The lowest BCUT2D eigenvalue weighted by molar-refractivity contribution is 0.268. The number of nitrogens with one attached hydrogen (secondary N) is 1. The molecular weight excluding hydrogens is 281 g/mol. The average molecular weight is 302 g/mol. The topological polar surface area (TPSA) is 12.0 Å². The molecular formula is C14H21BrFN. The van der Waals surface area contributed by atoms with Crippen molar-refractivity contribution in [3.8, 4) is 0 Å². The molecule has 1 rings (SSSR count). The number of hydrogen-bond donors (Lipinski definition) is 1. The molecule has 0 aliphatic rings. The normalized spacial score (nSPS) is 15.7. The molecule has 0 aliphatic heterocycles. The summed E-state index contributed by atoms with van der Waals surface area (Å²) in [6, 6.07) is 5.76. The van der Waals surface area contributed by atoms with Gasteiger partial charge in [-0.15, -0.1) is 0 Å². The molecule has 0 aliphatic carbocycles. The van der Waals surface area contributed by atoms with E-state index in [1.165, 1.54) is 6.07 Å². The Morgan fingerprint density at radius 3 is 2.29 bits per heavy atom. The van der Waals surface area contributed by atoms with Crippen LogP contribution >= 0.6 is 15.9 Å². The van der Waals surface area contributed by atoms with E-state index in [0.29, 0.717) is 10.5 Å². The van der Waals surface area contributed by atoms with Crippen LogP contribution in [0.5, 0.6) is 0 Å². The zero-order chi connectivity index (χ0) is 13.2. The third-order valence-corrected chi connectivity index (χ3v) is 3.85. The van der Waals surface area contributed by atoms with Crippen LogP contribution < -0.4 is 5.32 Å². The molecule has 1 aromatic carbocycles. The highest BCUT2D eigenvalue weighted by molar-refractivity contribution is 9.10. The summed E-state index contributed by atoms with van der Waals surface area (Å²) < 4.78 is 13.7. The van der Waals surface area contributed by atoms with Crippen molar-refractivity contribution >= 4 is 15.9 Å². The van der Waals surface area contributed by atoms with E-state index >= 15 is 0 Å². The van der Waals surface area contributed by atoms with Crippen molar-refractivity contribution in [1.82, 2.24) is 5.32 Å². The largest absolute Gasteiger partial charge is 0.307 e. The molecule has 2 unspecified atom stereocenters. The van der Waals surface area contributed by atoms with Crippen LogP contribution in [-0.2, 0) is 0 Å². The van der Waals surface area contributed by atoms with Crippen LogP contribution in [0.3, 0.4) is 0 Å². The lowest BCUT2D eigenvalue weighted by Crippen LogP contribution is -2.39. The zero-order valence-corrected chi connectivity index (χ0v) is 12.7. The summed E-state index contributed by atoms with van der Waals surface area (Å²) in [7, 11) is 0. The number of rotatable bonds is 3. The van der Waals surface area contributed by atoms with E-state index in [4.69, 9.17) is 0 Å². The SMILES string of the molecule is CC(NC(C)C(C)(C)C)c1ccc(F)c(Br)c1. The summed E-state index contributed by atoms with van der Waals surface area (Å²) in [4.78, 5) is 0. The Morgan fingerprint density at radius 1 is 1.24 bits per heavy atom. The van der Waals surface area contributed by atoms with E-state index in [1.807, 2.05) is 12.1 Å². The van der Waals surface area contributed by atoms with E-state index in [1.54, 1.807) is 0 Å². The van der Waals surface area contributed by atoms with Gasteiger partial charge in [0.1, 0.15) is 5.82 Å². The molecule has 0 spiro atoms. The minimum atomic E-state index is -0.218. The Labute approximate surface area is 112 Å². The van der Waals surface area contributed by atoms with Crippen LogP contribution in [0.25, 0.3) is 0 Å². The van der Waals surface area contributed by atoms with Crippen molar-refractivity contribution in [2.24, 2.45) is 5.41 Å². The second-order valence-electron chi connectivity index (χ2n) is 5.65. The third kappa shape index (κ3) is 4.07. The molecule has 0 radical (unpaired) electrons. The van der Waals surface area contributed by atoms with Crippen molar-refractivity contribution in [3.05, 3.63) is 34.1 Å². The predicted octanol–water partition coefficient (Wildman–Crippen LogP) is 4.67. The smallest absolute Gasteiger partial charge is 0.137 e. The summed E-state index contributed by atoms with van der Waals surface area (Å²) in [5.41, 5.74) is 1.31. The van der Waals surface area contributed by atoms with Crippen LogP contribution in [-0.4, -0.2) is 6.04 Å². The molecule has 0 saturated carbocycles. The van der Waals surface area contributed by atoms with Gasteiger partial charge >= 0.3 is 0 Å². The predicted molar refractivity (Wildman–Crippen MR) is 74.6 cm³/mol. The minimum absolute atomic E-state index is 0.209. The second kappa shape index (κ2) is 5.49. The third-order valence-electron chi connectivity index (χ3n) is 3.24. The first-order valence-corrected chi connectivity index (χ1v) is 6.72. The Hall–Kier alpha value is -0.410. The van der Waals surface area contributed by atoms with E-state index in [-0.39, 0.29) is 17.3 Å². The van der Waals surface area contributed by atoms with Gasteiger partial charge in [0, 0.05) is 12.1 Å². The van der Waals surface area contributed by atoms with Crippen molar-refractivity contribution in [2.45, 2.75) is 46.7 Å². The lowest BCUT2D eigenvalue weighted by Gasteiger charge is -2.31. The van der Waals surface area contributed by atoms with Gasteiger partial charge in [0.2, 0.25) is 0 Å². The number of hydrogen-bond acceptors (Lipinski definition) is 1. The van der Waals surface area contributed by atoms with Crippen molar-refractivity contribution in [3.63, 3.8) is 0 Å². The molecule has 1 N–H and O–H groups in total. The summed E-state index contributed by atoms with van der Waals surface area (Å²) in [5.74, 6) is -0.218. The Bertz CT molecular complexity index is 384. The highest BCUT2D eigenvalue weighted by atomic mass is 79.9. The first-order chi connectivity index (χ1) is 7.71. The zero-order valence-electron chi connectivity index (χ0n) is 11.1. The summed E-state index contributed by atoms with van der Waals surface area (Å²) >= 11 is 3.22. The molecule has 0 amide bonds. The molecule has 96 valence electrons. The fourth-order valence-corrected chi connectivity index (χ4v) is 1.90. The molecule has 3 heteroatoms. The van der Waals surface area contributed by atoms with Gasteiger partial charge in [-0.1, -0.05) is 26.8 Å². The second-order valence-corrected chi connectivity index (χ2v) is 6.50. The highest BCUT2D eigenvalue weighted by Gasteiger charge is 2.21. The van der Waals surface area contributed by atoms with Crippen LogP contribution in [0.2, 0.25) is 0 Å². The molecule has 0 saturated heterocycles. The molecule has 17 heavy (non-hydrogen) atoms. The Morgan fingerprint density at radius 2 is 1.82 bits per heavy atom. The van der Waals surface area contributed by atoms with Gasteiger partial charge in [-0.25, -0.2) is 4.39 Å². The van der Waals surface area contributed by atoms with Gasteiger partial charge in [-0.3, -0.25) is 0 Å². The van der Waals surface area contributed by atoms with Gasteiger partial charge in [-0.05, 0) is 52.9 Å². The molecule has 1 aromatic rings. The quantitative estimate of drug-likeness (QED) is 0.855. The molecule has 0 heterocycles. The lowest BCUT2D eigenvalue weighted by atomic mass is 9.87. The monoisotopic (exact) mass is 301 g/mol. The molecule has 0 bridgehead atoms. The molecule has 0 fully saturated rings. The summed E-state index contributed by atoms with van der Waals surface area (Å²) in [6.07, 6.45) is 0. The first kappa shape index (κ1) is 14.7. The standard InChI is InChI=1S/C14H21BrFN/c1-9(17-10(2)14(3,4)5)11-6-7-13(16)12(15)8-11/h6-10,17H,1-5H3. The fourth-order valence-electron chi connectivity index (χ4n) is 1.50. The van der Waals surface area contributed by atoms with Crippen molar-refractivity contribution in [2.75, 3.05) is 0 Å². The average Bonchev–Trinajstić information content (AvgIpc) is 2.20. The maximum atomic E-state index is 13.1. The number of halogens is 2. The first-order valence-electron chi connectivity index (χ1n) is 5.93. The Kier molecular flexibility index (Phi) is 4.73. The van der Waals surface area contributed by atoms with Gasteiger partial charge in [-0.2, -0.15) is 0 Å². The van der Waals surface area contributed by atoms with Gasteiger partial charge in [0.15, 0.2) is 0 Å². The van der Waals surface area contributed by atoms with Crippen LogP contribution in [0.15, 0.2) is 22.7 Å². The van der Waals surface area contributed by atoms with E-state index in [9.17, 15) is 4.39 Å². The highest BCUT2D eigenvalue weighted by Crippen LogP contribution is 2.25. The van der Waals surface area contributed by atoms with Crippen LogP contribution in [0.4, 0.5) is 4.39 Å². The van der Waals surface area contributed by atoms with Crippen molar-refractivity contribution < 1.29 is 4.39 Å². The van der Waals surface area contributed by atoms with Crippen LogP contribution in [0.1, 0.15) is 46.2 Å². The summed E-state index contributed by atoms with van der Waals surface area (Å²) in [6.45, 7) is 10.9. The van der Waals surface area contributed by atoms with E-state index in [2.05, 4.69) is 55.9 Å². The van der Waals surface area contributed by atoms with Gasteiger partial charge in [0.05, 0.1) is 4.47 Å². The number of benzene rings is 1. The van der Waals surface area contributed by atoms with Crippen molar-refractivity contribution in [1.29, 1.82) is 0 Å². The van der Waals surface area contributed by atoms with Gasteiger partial charge in [0.25, 0.3) is 0 Å². The molecule has 2 atom stereocenters. The maximum absolute atomic E-state index is 13.1. The molecule has 0 aromatic heterocycles. The Balaban J connectivity index is 2.76. The van der Waals surface area contributed by atoms with E-state index in [0.717, 1.165) is 5.56 Å². The molecule has 1 nitrogen and oxygen atoms in total. The van der Waals surface area contributed by atoms with Gasteiger partial charge < -0.3 is 5.32 Å². The van der Waals surface area contributed by atoms with Crippen LogP contribution in [0, 0.1) is 11.2 Å². The maximum Gasteiger partial charge on any atom is 0.137 e. The van der Waals surface area contributed by atoms with E-state index < -0.39 is 0 Å².